The molecule has 0 aliphatic rings. The van der Waals surface area contributed by atoms with E-state index >= 15 is 0 Å². The first-order valence-corrected chi connectivity index (χ1v) is 7.56. The number of H-pyrrole nitrogens is 1. The highest BCUT2D eigenvalue weighted by molar-refractivity contribution is 5.72. The van der Waals surface area contributed by atoms with Crippen LogP contribution in [0.4, 0.5) is 8.78 Å². The van der Waals surface area contributed by atoms with Crippen LogP contribution in [0.15, 0.2) is 59.7 Å². The Morgan fingerprint density at radius 1 is 1.04 bits per heavy atom. The fourth-order valence-electron chi connectivity index (χ4n) is 2.71. The van der Waals surface area contributed by atoms with Gasteiger partial charge in [-0.2, -0.15) is 0 Å². The van der Waals surface area contributed by atoms with Crippen LogP contribution in [-0.4, -0.2) is 19.5 Å². The van der Waals surface area contributed by atoms with Gasteiger partial charge in [-0.3, -0.25) is 4.79 Å². The maximum Gasteiger partial charge on any atom is 0.277 e. The van der Waals surface area contributed by atoms with Crippen molar-refractivity contribution in [1.82, 2.24) is 19.5 Å². The van der Waals surface area contributed by atoms with Crippen LogP contribution in [0.1, 0.15) is 5.56 Å². The summed E-state index contributed by atoms with van der Waals surface area (Å²) < 4.78 is 28.3. The van der Waals surface area contributed by atoms with Gasteiger partial charge in [-0.15, -0.1) is 0 Å². The molecule has 1 N–H and O–H groups in total. The van der Waals surface area contributed by atoms with E-state index in [9.17, 15) is 13.6 Å². The third kappa shape index (κ3) is 2.91. The zero-order valence-electron chi connectivity index (χ0n) is 12.9. The molecule has 0 amide bonds. The number of fused-ring (bicyclic) bond motifs is 1. The quantitative estimate of drug-likeness (QED) is 0.624. The number of benzene rings is 2. The number of aromatic amines is 1. The highest BCUT2D eigenvalue weighted by Crippen LogP contribution is 2.17. The molecule has 0 atom stereocenters. The predicted octanol–water partition coefficient (Wildman–Crippen LogP) is 3.11. The van der Waals surface area contributed by atoms with E-state index in [0.717, 1.165) is 0 Å². The summed E-state index contributed by atoms with van der Waals surface area (Å²) in [6.07, 6.45) is 1.48. The molecular formula is C18H12F2N4O. The van der Waals surface area contributed by atoms with Crippen molar-refractivity contribution in [3.63, 3.8) is 0 Å². The van der Waals surface area contributed by atoms with Crippen molar-refractivity contribution >= 4 is 11.2 Å². The molecule has 2 aromatic heterocycles. The van der Waals surface area contributed by atoms with Gasteiger partial charge in [-0.1, -0.05) is 24.3 Å². The molecule has 25 heavy (non-hydrogen) atoms. The van der Waals surface area contributed by atoms with E-state index in [0.29, 0.717) is 17.7 Å². The number of imidazole rings is 1. The largest absolute Gasteiger partial charge is 0.320 e. The molecule has 0 aliphatic carbocycles. The van der Waals surface area contributed by atoms with Gasteiger partial charge in [0, 0.05) is 12.1 Å². The van der Waals surface area contributed by atoms with Crippen molar-refractivity contribution in [3.8, 4) is 11.4 Å². The molecule has 0 fully saturated rings. The number of hydrogen-bond donors (Lipinski definition) is 1. The molecule has 7 heteroatoms. The molecule has 2 aromatic carbocycles. The molecule has 0 radical (unpaired) electrons. The normalized spacial score (nSPS) is 11.1. The average molecular weight is 338 g/mol. The van der Waals surface area contributed by atoms with Gasteiger partial charge in [0.15, 0.2) is 11.2 Å². The van der Waals surface area contributed by atoms with Crippen LogP contribution in [0.25, 0.3) is 22.6 Å². The van der Waals surface area contributed by atoms with Crippen LogP contribution in [0, 0.1) is 11.6 Å². The summed E-state index contributed by atoms with van der Waals surface area (Å²) in [5.74, 6) is -0.521. The molecule has 124 valence electrons. The van der Waals surface area contributed by atoms with Gasteiger partial charge < -0.3 is 9.55 Å². The molecule has 4 aromatic rings. The second-order valence-corrected chi connectivity index (χ2v) is 5.60. The van der Waals surface area contributed by atoms with Crippen LogP contribution in [-0.2, 0) is 6.54 Å². The van der Waals surface area contributed by atoms with E-state index in [-0.39, 0.29) is 22.8 Å². The Kier molecular flexibility index (Phi) is 3.61. The molecule has 0 saturated heterocycles. The van der Waals surface area contributed by atoms with Crippen LogP contribution >= 0.6 is 0 Å². The zero-order valence-corrected chi connectivity index (χ0v) is 12.9. The minimum atomic E-state index is -0.420. The SMILES string of the molecule is O=c1[nH]c(-c2cccc(F)c2)nc2ncn(Cc3cccc(F)c3)c12. The maximum atomic E-state index is 13.4. The molecule has 0 aliphatic heterocycles. The second kappa shape index (κ2) is 5.94. The Morgan fingerprint density at radius 2 is 1.80 bits per heavy atom. The van der Waals surface area contributed by atoms with Gasteiger partial charge in [0.05, 0.1) is 6.33 Å². The summed E-state index contributed by atoms with van der Waals surface area (Å²) in [6, 6.07) is 11.9. The number of aromatic nitrogens is 4. The van der Waals surface area contributed by atoms with Crippen LogP contribution in [0.5, 0.6) is 0 Å². The summed E-state index contributed by atoms with van der Waals surface area (Å²) in [7, 11) is 0. The van der Waals surface area contributed by atoms with Gasteiger partial charge in [-0.05, 0) is 29.8 Å². The van der Waals surface area contributed by atoms with E-state index in [1.54, 1.807) is 22.8 Å². The third-order valence-corrected chi connectivity index (χ3v) is 3.82. The summed E-state index contributed by atoms with van der Waals surface area (Å²) in [5.41, 5.74) is 1.30. The molecule has 0 bridgehead atoms. The van der Waals surface area contributed by atoms with Gasteiger partial charge >= 0.3 is 0 Å². The summed E-state index contributed by atoms with van der Waals surface area (Å²) in [4.78, 5) is 23.6. The van der Waals surface area contributed by atoms with Crippen LogP contribution in [0.3, 0.4) is 0 Å². The first-order chi connectivity index (χ1) is 12.1. The summed E-state index contributed by atoms with van der Waals surface area (Å²) in [6.45, 7) is 0.290. The number of halogens is 2. The second-order valence-electron chi connectivity index (χ2n) is 5.60. The molecule has 0 saturated carbocycles. The number of nitrogens with zero attached hydrogens (tertiary/aromatic N) is 3. The highest BCUT2D eigenvalue weighted by Gasteiger charge is 2.12. The van der Waals surface area contributed by atoms with Gasteiger partial charge in [0.25, 0.3) is 5.56 Å². The van der Waals surface area contributed by atoms with Crippen molar-refractivity contribution in [2.24, 2.45) is 0 Å². The van der Waals surface area contributed by atoms with E-state index in [2.05, 4.69) is 15.0 Å². The van der Waals surface area contributed by atoms with Gasteiger partial charge in [0.1, 0.15) is 17.5 Å². The standard InChI is InChI=1S/C18H12F2N4O/c19-13-5-1-3-11(7-13)9-24-10-21-17-15(24)18(25)23-16(22-17)12-4-2-6-14(20)8-12/h1-8,10H,9H2,(H,22,23,25). The fourth-order valence-corrected chi connectivity index (χ4v) is 2.71. The van der Waals surface area contributed by atoms with Crippen LogP contribution < -0.4 is 5.56 Å². The van der Waals surface area contributed by atoms with E-state index in [1.807, 2.05) is 0 Å². The third-order valence-electron chi connectivity index (χ3n) is 3.82. The van der Waals surface area contributed by atoms with Crippen molar-refractivity contribution in [2.75, 3.05) is 0 Å². The predicted molar refractivity (Wildman–Crippen MR) is 89.0 cm³/mol. The average Bonchev–Trinajstić information content (AvgIpc) is 2.98. The van der Waals surface area contributed by atoms with Gasteiger partial charge in [0.2, 0.25) is 0 Å². The highest BCUT2D eigenvalue weighted by atomic mass is 19.1. The Bertz CT molecular complexity index is 1130. The lowest BCUT2D eigenvalue weighted by Gasteiger charge is -2.05. The van der Waals surface area contributed by atoms with E-state index in [4.69, 9.17) is 0 Å². The smallest absolute Gasteiger partial charge is 0.277 e. The summed E-state index contributed by atoms with van der Waals surface area (Å²) >= 11 is 0. The van der Waals surface area contributed by atoms with Crippen molar-refractivity contribution in [3.05, 3.63) is 82.4 Å². The lowest BCUT2D eigenvalue weighted by Crippen LogP contribution is -2.13. The Morgan fingerprint density at radius 3 is 2.56 bits per heavy atom. The number of nitrogens with one attached hydrogen (secondary N) is 1. The van der Waals surface area contributed by atoms with Gasteiger partial charge in [-0.25, -0.2) is 18.7 Å². The first-order valence-electron chi connectivity index (χ1n) is 7.56. The Labute approximate surface area is 140 Å². The molecule has 0 spiro atoms. The van der Waals surface area contributed by atoms with Crippen molar-refractivity contribution in [2.45, 2.75) is 6.54 Å². The van der Waals surface area contributed by atoms with Crippen molar-refractivity contribution < 1.29 is 8.78 Å². The van der Waals surface area contributed by atoms with E-state index < -0.39 is 11.4 Å². The molecular weight excluding hydrogens is 326 g/mol. The Balaban J connectivity index is 1.78. The molecule has 4 rings (SSSR count). The fraction of sp³-hybridized carbons (Fsp3) is 0.0556. The Hall–Kier alpha value is -3.35. The monoisotopic (exact) mass is 338 g/mol. The molecule has 5 nitrogen and oxygen atoms in total. The molecule has 2 heterocycles. The molecule has 0 unspecified atom stereocenters. The number of rotatable bonds is 3. The topological polar surface area (TPSA) is 63.6 Å². The minimum Gasteiger partial charge on any atom is -0.320 e. The lowest BCUT2D eigenvalue weighted by molar-refractivity contribution is 0.624. The zero-order chi connectivity index (χ0) is 17.4. The first kappa shape index (κ1) is 15.2. The van der Waals surface area contributed by atoms with E-state index in [1.165, 1.54) is 36.7 Å². The van der Waals surface area contributed by atoms with Crippen LogP contribution in [0.2, 0.25) is 0 Å². The number of hydrogen-bond acceptors (Lipinski definition) is 3. The summed E-state index contributed by atoms with van der Waals surface area (Å²) in [5, 5.41) is 0. The minimum absolute atomic E-state index is 0.244. The maximum absolute atomic E-state index is 13.4. The lowest BCUT2D eigenvalue weighted by atomic mass is 10.2. The van der Waals surface area contributed by atoms with Crippen molar-refractivity contribution in [1.29, 1.82) is 0 Å².